The minimum absolute atomic E-state index is 0.132. The van der Waals surface area contributed by atoms with Crippen LogP contribution in [0.4, 0.5) is 0 Å². The molecule has 1 aliphatic heterocycles. The van der Waals surface area contributed by atoms with Crippen molar-refractivity contribution < 1.29 is 9.53 Å². The van der Waals surface area contributed by atoms with Crippen LogP contribution >= 0.6 is 0 Å². The maximum absolute atomic E-state index is 12.5. The lowest BCUT2D eigenvalue weighted by Crippen LogP contribution is -2.64. The molecule has 0 N–H and O–H groups in total. The van der Waals surface area contributed by atoms with E-state index >= 15 is 0 Å². The van der Waals surface area contributed by atoms with Crippen molar-refractivity contribution in [3.8, 4) is 0 Å². The van der Waals surface area contributed by atoms with E-state index in [0.29, 0.717) is 6.04 Å². The van der Waals surface area contributed by atoms with Gasteiger partial charge in [0.25, 0.3) is 5.91 Å². The molecule has 4 nitrogen and oxygen atoms in total. The lowest BCUT2D eigenvalue weighted by atomic mass is 9.79. The molecule has 4 heteroatoms. The Bertz CT molecular complexity index is 606. The zero-order valence-corrected chi connectivity index (χ0v) is 16.8. The van der Waals surface area contributed by atoms with Crippen molar-refractivity contribution in [2.24, 2.45) is 0 Å². The normalized spacial score (nSPS) is 28.7. The molecule has 1 heterocycles. The Hall–Kier alpha value is -1.39. The van der Waals surface area contributed by atoms with E-state index in [9.17, 15) is 4.79 Å². The van der Waals surface area contributed by atoms with Crippen molar-refractivity contribution in [2.45, 2.75) is 70.1 Å². The predicted octanol–water partition coefficient (Wildman–Crippen LogP) is 3.50. The first-order valence-corrected chi connectivity index (χ1v) is 10.1. The van der Waals surface area contributed by atoms with Crippen LogP contribution in [0.3, 0.4) is 0 Å². The number of hydrogen-bond acceptors (Lipinski definition) is 3. The molecule has 0 atom stereocenters. The molecule has 1 amide bonds. The molecule has 0 bridgehead atoms. The summed E-state index contributed by atoms with van der Waals surface area (Å²) in [5.41, 5.74) is 0.561. The van der Waals surface area contributed by atoms with Gasteiger partial charge in [-0.05, 0) is 65.5 Å². The minimum Gasteiger partial charge on any atom is -0.357 e. The van der Waals surface area contributed by atoms with Gasteiger partial charge in [0, 0.05) is 25.7 Å². The van der Waals surface area contributed by atoms with Crippen LogP contribution in [0.15, 0.2) is 30.3 Å². The van der Waals surface area contributed by atoms with Gasteiger partial charge in [0.2, 0.25) is 0 Å². The summed E-state index contributed by atoms with van der Waals surface area (Å²) in [7, 11) is 2.25. The van der Waals surface area contributed by atoms with Crippen molar-refractivity contribution in [1.82, 2.24) is 9.80 Å². The highest BCUT2D eigenvalue weighted by Crippen LogP contribution is 2.40. The van der Waals surface area contributed by atoms with E-state index in [1.807, 2.05) is 18.7 Å². The number of benzene rings is 1. The number of hydrogen-bond donors (Lipinski definition) is 0. The number of carbonyl (C=O) groups is 1. The van der Waals surface area contributed by atoms with Crippen molar-refractivity contribution in [1.29, 1.82) is 0 Å². The Morgan fingerprint density at radius 1 is 1.19 bits per heavy atom. The standard InChI is InChI=1S/C22H34N2O2/c1-5-24-17-22(26-21(2,3)20(24)25)14-11-19(12-15-22)23(4)16-13-18-9-7-6-8-10-18/h6-10,19H,5,11-17H2,1-4H3/t19-,22+. The molecule has 3 rings (SSSR count). The third-order valence-corrected chi connectivity index (χ3v) is 6.22. The molecule has 2 aliphatic rings. The first-order valence-electron chi connectivity index (χ1n) is 10.1. The Morgan fingerprint density at radius 3 is 2.46 bits per heavy atom. The number of ether oxygens (including phenoxy) is 1. The van der Waals surface area contributed by atoms with Crippen LogP contribution in [0.25, 0.3) is 0 Å². The summed E-state index contributed by atoms with van der Waals surface area (Å²) < 4.78 is 6.39. The van der Waals surface area contributed by atoms with Gasteiger partial charge in [0.05, 0.1) is 5.60 Å². The van der Waals surface area contributed by atoms with Gasteiger partial charge in [0.1, 0.15) is 5.60 Å². The van der Waals surface area contributed by atoms with Crippen molar-refractivity contribution >= 4 is 5.91 Å². The molecule has 1 aliphatic carbocycles. The van der Waals surface area contributed by atoms with Gasteiger partial charge in [-0.15, -0.1) is 0 Å². The highest BCUT2D eigenvalue weighted by Gasteiger charge is 2.50. The highest BCUT2D eigenvalue weighted by atomic mass is 16.5. The molecule has 0 aromatic heterocycles. The maximum atomic E-state index is 12.5. The van der Waals surface area contributed by atoms with Gasteiger partial charge in [-0.1, -0.05) is 30.3 Å². The Morgan fingerprint density at radius 2 is 1.85 bits per heavy atom. The molecule has 1 spiro atoms. The van der Waals surface area contributed by atoms with Crippen LogP contribution in [-0.2, 0) is 16.0 Å². The minimum atomic E-state index is -0.694. The fourth-order valence-corrected chi connectivity index (χ4v) is 4.64. The van der Waals surface area contributed by atoms with Gasteiger partial charge < -0.3 is 14.5 Å². The Balaban J connectivity index is 1.55. The smallest absolute Gasteiger partial charge is 0.254 e. The topological polar surface area (TPSA) is 32.8 Å². The zero-order valence-electron chi connectivity index (χ0n) is 16.8. The van der Waals surface area contributed by atoms with E-state index in [1.165, 1.54) is 5.56 Å². The van der Waals surface area contributed by atoms with Crippen LogP contribution in [0.2, 0.25) is 0 Å². The van der Waals surface area contributed by atoms with E-state index in [-0.39, 0.29) is 11.5 Å². The summed E-state index contributed by atoms with van der Waals surface area (Å²) in [6, 6.07) is 11.3. The second-order valence-electron chi connectivity index (χ2n) is 8.56. The molecule has 26 heavy (non-hydrogen) atoms. The molecule has 2 fully saturated rings. The third kappa shape index (κ3) is 4.12. The van der Waals surface area contributed by atoms with Crippen LogP contribution in [0.1, 0.15) is 52.0 Å². The fraction of sp³-hybridized carbons (Fsp3) is 0.682. The monoisotopic (exact) mass is 358 g/mol. The average molecular weight is 359 g/mol. The van der Waals surface area contributed by atoms with Crippen LogP contribution < -0.4 is 0 Å². The molecular formula is C22H34N2O2. The van der Waals surface area contributed by atoms with E-state index in [2.05, 4.69) is 49.2 Å². The molecule has 144 valence electrons. The number of amides is 1. The number of carbonyl (C=O) groups excluding carboxylic acids is 1. The molecule has 1 saturated carbocycles. The van der Waals surface area contributed by atoms with Gasteiger partial charge >= 0.3 is 0 Å². The van der Waals surface area contributed by atoms with Gasteiger partial charge in [0.15, 0.2) is 0 Å². The summed E-state index contributed by atoms with van der Waals surface area (Å²) in [6.45, 7) is 8.54. The Labute approximate surface area is 158 Å². The summed E-state index contributed by atoms with van der Waals surface area (Å²) >= 11 is 0. The van der Waals surface area contributed by atoms with E-state index in [4.69, 9.17) is 4.74 Å². The van der Waals surface area contributed by atoms with Crippen LogP contribution in [0.5, 0.6) is 0 Å². The van der Waals surface area contributed by atoms with E-state index in [1.54, 1.807) is 0 Å². The van der Waals surface area contributed by atoms with Crippen LogP contribution in [0, 0.1) is 0 Å². The van der Waals surface area contributed by atoms with Gasteiger partial charge in [-0.3, -0.25) is 4.79 Å². The lowest BCUT2D eigenvalue weighted by Gasteiger charge is -2.52. The molecule has 1 saturated heterocycles. The van der Waals surface area contributed by atoms with Crippen LogP contribution in [-0.4, -0.2) is 59.6 Å². The molecule has 1 aromatic carbocycles. The highest BCUT2D eigenvalue weighted by molar-refractivity contribution is 5.85. The predicted molar refractivity (Wildman–Crippen MR) is 105 cm³/mol. The number of nitrogens with zero attached hydrogens (tertiary/aromatic N) is 2. The second kappa shape index (κ2) is 7.69. The fourth-order valence-electron chi connectivity index (χ4n) is 4.64. The van der Waals surface area contributed by atoms with Crippen molar-refractivity contribution in [2.75, 3.05) is 26.7 Å². The quantitative estimate of drug-likeness (QED) is 0.808. The zero-order chi connectivity index (χ0) is 18.8. The molecule has 0 unspecified atom stereocenters. The summed E-state index contributed by atoms with van der Waals surface area (Å²) in [5.74, 6) is 0.132. The maximum Gasteiger partial charge on any atom is 0.254 e. The Kier molecular flexibility index (Phi) is 5.73. The first-order chi connectivity index (χ1) is 12.4. The van der Waals surface area contributed by atoms with E-state index in [0.717, 1.165) is 51.7 Å². The number of likely N-dealkylation sites (N-methyl/N-ethyl adjacent to an activating group) is 2. The van der Waals surface area contributed by atoms with Gasteiger partial charge in [-0.2, -0.15) is 0 Å². The van der Waals surface area contributed by atoms with E-state index < -0.39 is 5.60 Å². The molecule has 1 aromatic rings. The average Bonchev–Trinajstić information content (AvgIpc) is 2.64. The SMILES string of the molecule is CCN1C[C@]2(CC[C@H](N(C)CCc3ccccc3)CC2)OC(C)(C)C1=O. The lowest BCUT2D eigenvalue weighted by molar-refractivity contribution is -0.215. The van der Waals surface area contributed by atoms with Gasteiger partial charge in [-0.25, -0.2) is 0 Å². The summed E-state index contributed by atoms with van der Waals surface area (Å²) in [6.07, 6.45) is 5.47. The molecular weight excluding hydrogens is 324 g/mol. The summed E-state index contributed by atoms with van der Waals surface area (Å²) in [4.78, 5) is 17.0. The molecule has 0 radical (unpaired) electrons. The second-order valence-corrected chi connectivity index (χ2v) is 8.56. The van der Waals surface area contributed by atoms with Crippen molar-refractivity contribution in [3.05, 3.63) is 35.9 Å². The number of morpholine rings is 1. The summed E-state index contributed by atoms with van der Waals surface area (Å²) in [5, 5.41) is 0. The third-order valence-electron chi connectivity index (χ3n) is 6.22. The largest absolute Gasteiger partial charge is 0.357 e. The number of rotatable bonds is 5. The van der Waals surface area contributed by atoms with Crippen molar-refractivity contribution in [3.63, 3.8) is 0 Å². The first kappa shape index (κ1) is 19.4.